The maximum Gasteiger partial charge on any atom is 0.253 e. The van der Waals surface area contributed by atoms with Gasteiger partial charge < -0.3 is 78.6 Å². The lowest BCUT2D eigenvalue weighted by atomic mass is 9.72. The fourth-order valence-electron chi connectivity index (χ4n) is 6.56. The molecule has 2 saturated carbocycles. The second-order valence-electron chi connectivity index (χ2n) is 12.6. The van der Waals surface area contributed by atoms with Crippen molar-refractivity contribution in [1.82, 2.24) is 16.0 Å². The average Bonchev–Trinajstić information content (AvgIpc) is 3.58. The van der Waals surface area contributed by atoms with Gasteiger partial charge in [-0.25, -0.2) is 0 Å². The third kappa shape index (κ3) is 7.33. The summed E-state index contributed by atoms with van der Waals surface area (Å²) in [6, 6.07) is -3.53. The molecule has 43 heavy (non-hydrogen) atoms. The lowest BCUT2D eigenvalue weighted by Gasteiger charge is -2.51. The van der Waals surface area contributed by atoms with Crippen LogP contribution >= 0.6 is 0 Å². The number of hydrogen-bond acceptors (Lipinski definition) is 15. The molecule has 16 nitrogen and oxygen atoms in total. The molecule has 2 aliphatic carbocycles. The highest BCUT2D eigenvalue weighted by Crippen LogP contribution is 2.38. The molecule has 16 heteroatoms. The van der Waals surface area contributed by atoms with E-state index in [1.54, 1.807) is 7.05 Å². The van der Waals surface area contributed by atoms with Crippen LogP contribution in [0, 0.1) is 5.92 Å². The minimum Gasteiger partial charge on any atom is -0.492 e. The van der Waals surface area contributed by atoms with E-state index in [0.29, 0.717) is 25.1 Å². The third-order valence-electron chi connectivity index (χ3n) is 9.25. The Hall–Kier alpha value is -1.51. The van der Waals surface area contributed by atoms with Gasteiger partial charge in [-0.1, -0.05) is 0 Å². The predicted octanol–water partition coefficient (Wildman–Crippen LogP) is -5.62. The molecule has 0 aromatic rings. The van der Waals surface area contributed by atoms with Crippen molar-refractivity contribution in [1.29, 1.82) is 0 Å². The highest BCUT2D eigenvalue weighted by molar-refractivity contribution is 5.89. The van der Waals surface area contributed by atoms with Crippen molar-refractivity contribution in [2.75, 3.05) is 33.3 Å². The Kier molecular flexibility index (Phi) is 11.1. The first kappa shape index (κ1) is 34.4. The number of likely N-dealkylation sites (N-methyl/N-ethyl adjacent to an activating group) is 1. The first-order valence-corrected chi connectivity index (χ1v) is 15.0. The van der Waals surface area contributed by atoms with Crippen molar-refractivity contribution >= 4 is 5.91 Å². The summed E-state index contributed by atoms with van der Waals surface area (Å²) in [6.45, 7) is 2.02. The van der Waals surface area contributed by atoms with Crippen LogP contribution in [0.5, 0.6) is 0 Å². The average molecular weight is 618 g/mol. The number of ether oxygens (including phenoxy) is 3. The Morgan fingerprint density at radius 1 is 1.21 bits per heavy atom. The molecule has 0 aromatic heterocycles. The number of amides is 1. The van der Waals surface area contributed by atoms with Crippen LogP contribution in [0.1, 0.15) is 32.6 Å². The number of hydrogen-bond donors (Lipinski definition) is 12. The molecule has 1 saturated heterocycles. The third-order valence-corrected chi connectivity index (χ3v) is 9.25. The van der Waals surface area contributed by atoms with Crippen molar-refractivity contribution in [3.05, 3.63) is 11.8 Å². The summed E-state index contributed by atoms with van der Waals surface area (Å²) >= 11 is 0. The molecule has 0 bridgehead atoms. The molecule has 14 atom stereocenters. The minimum atomic E-state index is -1.74. The number of aliphatic hydroxyl groups excluding tert-OH is 3. The zero-order valence-electron chi connectivity index (χ0n) is 24.8. The molecule has 1 amide bonds. The molecule has 248 valence electrons. The van der Waals surface area contributed by atoms with Gasteiger partial charge in [0.05, 0.1) is 37.4 Å². The van der Waals surface area contributed by atoms with E-state index in [0.717, 1.165) is 0 Å². The van der Waals surface area contributed by atoms with Crippen molar-refractivity contribution in [2.45, 2.75) is 111 Å². The van der Waals surface area contributed by atoms with Gasteiger partial charge in [-0.05, 0) is 45.9 Å². The van der Waals surface area contributed by atoms with E-state index in [1.807, 2.05) is 6.08 Å². The van der Waals surface area contributed by atoms with E-state index in [9.17, 15) is 30.3 Å². The van der Waals surface area contributed by atoms with E-state index in [4.69, 9.17) is 37.1 Å². The second-order valence-corrected chi connectivity index (χ2v) is 12.6. The molecule has 2 aliphatic heterocycles. The van der Waals surface area contributed by atoms with E-state index in [-0.39, 0.29) is 38.6 Å². The second kappa shape index (κ2) is 13.9. The number of nitrogens with two attached hydrogens (primary N) is 4. The number of nitrogens with one attached hydrogen (secondary N) is 3. The molecule has 3 fully saturated rings. The molecule has 0 spiro atoms. The van der Waals surface area contributed by atoms with Crippen LogP contribution < -0.4 is 38.9 Å². The van der Waals surface area contributed by atoms with Gasteiger partial charge in [0.25, 0.3) is 5.91 Å². The van der Waals surface area contributed by atoms with E-state index < -0.39 is 84.0 Å². The summed E-state index contributed by atoms with van der Waals surface area (Å²) in [5.41, 5.74) is 20.8. The fourth-order valence-corrected chi connectivity index (χ4v) is 6.56. The molecule has 0 radical (unpaired) electrons. The number of aliphatic hydroxyl groups is 5. The summed E-state index contributed by atoms with van der Waals surface area (Å²) < 4.78 is 18.2. The first-order chi connectivity index (χ1) is 20.3. The Bertz CT molecular complexity index is 992. The zero-order chi connectivity index (χ0) is 31.7. The Balaban J connectivity index is 1.60. The Labute approximate surface area is 251 Å². The number of carbonyl (C=O) groups excluding carboxylic acids is 1. The summed E-state index contributed by atoms with van der Waals surface area (Å²) in [7, 11) is 1.58. The quantitative estimate of drug-likeness (QED) is 0.0972. The predicted molar refractivity (Wildman–Crippen MR) is 154 cm³/mol. The van der Waals surface area contributed by atoms with Crippen LogP contribution in [0.15, 0.2) is 11.8 Å². The molecule has 16 N–H and O–H groups in total. The van der Waals surface area contributed by atoms with Gasteiger partial charge >= 0.3 is 0 Å². The summed E-state index contributed by atoms with van der Waals surface area (Å²) in [6.07, 6.45) is -3.62. The van der Waals surface area contributed by atoms with Crippen LogP contribution in [0.3, 0.4) is 0 Å². The summed E-state index contributed by atoms with van der Waals surface area (Å²) in [5.74, 6) is -0.950. The van der Waals surface area contributed by atoms with E-state index >= 15 is 0 Å². The monoisotopic (exact) mass is 617 g/mol. The molecule has 2 heterocycles. The maximum atomic E-state index is 13.0. The maximum absolute atomic E-state index is 13.0. The van der Waals surface area contributed by atoms with E-state index in [1.165, 1.54) is 6.92 Å². The summed E-state index contributed by atoms with van der Waals surface area (Å²) in [4.78, 5) is 13.0. The van der Waals surface area contributed by atoms with Crippen molar-refractivity contribution in [3.8, 4) is 0 Å². The minimum absolute atomic E-state index is 0.0885. The van der Waals surface area contributed by atoms with Gasteiger partial charge in [-0.2, -0.15) is 0 Å². The van der Waals surface area contributed by atoms with Crippen LogP contribution in [-0.4, -0.2) is 143 Å². The normalized spacial score (nSPS) is 45.6. The highest BCUT2D eigenvalue weighted by Gasteiger charge is 2.59. The van der Waals surface area contributed by atoms with E-state index in [2.05, 4.69) is 16.0 Å². The van der Waals surface area contributed by atoms with Gasteiger partial charge in [-0.3, -0.25) is 4.79 Å². The van der Waals surface area contributed by atoms with Gasteiger partial charge in [-0.15, -0.1) is 0 Å². The largest absolute Gasteiger partial charge is 0.492 e. The SMILES string of the molecule is CN[C@@H]1[C@@H](O)[C@@H](O[C@H]2[C@H](NC(=O)C3(O)CC3N)C[C@H](N)C([C@H]3OC(CN)=CC[C@H]3NCC(O)CCN)[C@@H]2O)OC[C@]1(C)O. The Morgan fingerprint density at radius 3 is 2.51 bits per heavy atom. The van der Waals surface area contributed by atoms with Crippen molar-refractivity contribution < 1.29 is 44.5 Å². The first-order valence-electron chi connectivity index (χ1n) is 15.0. The fraction of sp³-hybridized carbons (Fsp3) is 0.889. The van der Waals surface area contributed by atoms with Gasteiger partial charge in [0.2, 0.25) is 0 Å². The van der Waals surface area contributed by atoms with Crippen LogP contribution in [0.4, 0.5) is 0 Å². The van der Waals surface area contributed by atoms with Gasteiger partial charge in [0.15, 0.2) is 11.9 Å². The lowest BCUT2D eigenvalue weighted by molar-refractivity contribution is -0.297. The Morgan fingerprint density at radius 2 is 1.91 bits per heavy atom. The zero-order valence-corrected chi connectivity index (χ0v) is 24.8. The van der Waals surface area contributed by atoms with Crippen LogP contribution in [0.2, 0.25) is 0 Å². The van der Waals surface area contributed by atoms with Crippen molar-refractivity contribution in [2.24, 2.45) is 28.9 Å². The highest BCUT2D eigenvalue weighted by atomic mass is 16.7. The summed E-state index contributed by atoms with van der Waals surface area (Å²) in [5, 5.41) is 63.4. The standard InChI is InChI=1S/C27H51N7O9/c1-26(39)11-41-24(20(37)23(26)32-2)43-22-16(34-25(38)27(40)8-17(27)31)7-14(30)18(19(22)36)21-15(4-3-13(9-29)42-21)33-10-12(35)5-6-28/h3,12,14-24,32-33,35-37,39-40H,4-11,28-31H2,1-2H3,(H,34,38)/t12?,14-,15+,16+,17?,18?,19-,20+,21-,22-,23+,24+,26-,27?/m0/s1. The van der Waals surface area contributed by atoms with Crippen molar-refractivity contribution in [3.63, 3.8) is 0 Å². The lowest BCUT2D eigenvalue weighted by Crippen LogP contribution is -2.70. The van der Waals surface area contributed by atoms with Crippen LogP contribution in [-0.2, 0) is 19.0 Å². The van der Waals surface area contributed by atoms with Gasteiger partial charge in [0, 0.05) is 37.0 Å². The molecular weight excluding hydrogens is 566 g/mol. The molecule has 4 aliphatic rings. The number of rotatable bonds is 12. The molecule has 4 unspecified atom stereocenters. The number of carbonyl (C=O) groups is 1. The topological polar surface area (TPSA) is 286 Å². The molecule has 4 rings (SSSR count). The van der Waals surface area contributed by atoms with Gasteiger partial charge in [0.1, 0.15) is 29.7 Å². The van der Waals surface area contributed by atoms with Crippen LogP contribution in [0.25, 0.3) is 0 Å². The molecule has 0 aromatic carbocycles. The smallest absolute Gasteiger partial charge is 0.253 e. The molecular formula is C27H51N7O9.